The van der Waals surface area contributed by atoms with Gasteiger partial charge in [-0.3, -0.25) is 9.59 Å². The molecule has 0 bridgehead atoms. The maximum Gasteiger partial charge on any atom is 0.259 e. The van der Waals surface area contributed by atoms with Crippen LogP contribution in [0.25, 0.3) is 22.8 Å². The molecule has 1 N–H and O–H groups in total. The molecule has 0 saturated carbocycles. The highest BCUT2D eigenvalue weighted by Gasteiger charge is 2.15. The summed E-state index contributed by atoms with van der Waals surface area (Å²) in [5, 5.41) is 6.79. The van der Waals surface area contributed by atoms with Gasteiger partial charge in [0, 0.05) is 29.6 Å². The van der Waals surface area contributed by atoms with Crippen LogP contribution in [-0.4, -0.2) is 33.8 Å². The van der Waals surface area contributed by atoms with E-state index in [0.29, 0.717) is 41.8 Å². The second-order valence-electron chi connectivity index (χ2n) is 7.58. The Morgan fingerprint density at radius 2 is 1.76 bits per heavy atom. The van der Waals surface area contributed by atoms with E-state index in [0.717, 1.165) is 11.1 Å². The van der Waals surface area contributed by atoms with Crippen molar-refractivity contribution in [1.29, 1.82) is 0 Å². The van der Waals surface area contributed by atoms with Crippen molar-refractivity contribution in [1.82, 2.24) is 14.7 Å². The number of pyridine rings is 1. The van der Waals surface area contributed by atoms with E-state index in [-0.39, 0.29) is 23.9 Å². The molecule has 4 aromatic rings. The predicted molar refractivity (Wildman–Crippen MR) is 120 cm³/mol. The minimum Gasteiger partial charge on any atom is -0.486 e. The highest BCUT2D eigenvalue weighted by atomic mass is 16.6. The fraction of sp³-hybridized carbons (Fsp3) is 0.167. The van der Waals surface area contributed by atoms with Crippen LogP contribution in [0, 0.1) is 6.92 Å². The SMILES string of the molecule is Cc1ccc(-c2noc(-c3ccc(=O)n(CC(=O)Nc4ccc5c(c4)OCCO5)c3)n2)cc1. The summed E-state index contributed by atoms with van der Waals surface area (Å²) >= 11 is 0. The molecule has 0 unspecified atom stereocenters. The number of benzene rings is 2. The van der Waals surface area contributed by atoms with Gasteiger partial charge in [-0.05, 0) is 25.1 Å². The third-order valence-corrected chi connectivity index (χ3v) is 5.11. The van der Waals surface area contributed by atoms with Crippen LogP contribution in [0.2, 0.25) is 0 Å². The Morgan fingerprint density at radius 1 is 1.00 bits per heavy atom. The zero-order chi connectivity index (χ0) is 22.8. The number of aryl methyl sites for hydroxylation is 1. The number of aromatic nitrogens is 3. The van der Waals surface area contributed by atoms with Crippen molar-refractivity contribution in [3.63, 3.8) is 0 Å². The van der Waals surface area contributed by atoms with Crippen LogP contribution in [0.3, 0.4) is 0 Å². The van der Waals surface area contributed by atoms with Gasteiger partial charge < -0.3 is 23.9 Å². The molecule has 0 atom stereocenters. The number of anilines is 1. The van der Waals surface area contributed by atoms with Crippen LogP contribution >= 0.6 is 0 Å². The van der Waals surface area contributed by atoms with Crippen LogP contribution in [0.15, 0.2) is 70.1 Å². The predicted octanol–water partition coefficient (Wildman–Crippen LogP) is 3.28. The van der Waals surface area contributed by atoms with E-state index in [1.54, 1.807) is 24.3 Å². The quantitative estimate of drug-likeness (QED) is 0.503. The van der Waals surface area contributed by atoms with E-state index in [9.17, 15) is 9.59 Å². The second-order valence-corrected chi connectivity index (χ2v) is 7.58. The number of nitrogens with one attached hydrogen (secondary N) is 1. The van der Waals surface area contributed by atoms with Gasteiger partial charge in [-0.25, -0.2) is 0 Å². The van der Waals surface area contributed by atoms with E-state index in [1.807, 2.05) is 31.2 Å². The third kappa shape index (κ3) is 4.47. The summed E-state index contributed by atoms with van der Waals surface area (Å²) < 4.78 is 17.7. The van der Waals surface area contributed by atoms with E-state index in [4.69, 9.17) is 14.0 Å². The number of fused-ring (bicyclic) bond motifs is 1. The molecule has 166 valence electrons. The van der Waals surface area contributed by atoms with Gasteiger partial charge >= 0.3 is 0 Å². The van der Waals surface area contributed by atoms with Crippen molar-refractivity contribution in [3.8, 4) is 34.3 Å². The molecule has 1 amide bonds. The zero-order valence-corrected chi connectivity index (χ0v) is 17.8. The zero-order valence-electron chi connectivity index (χ0n) is 17.8. The summed E-state index contributed by atoms with van der Waals surface area (Å²) in [5.41, 5.74) is 2.71. The van der Waals surface area contributed by atoms with Crippen LogP contribution in [0.5, 0.6) is 11.5 Å². The van der Waals surface area contributed by atoms with Crippen LogP contribution in [-0.2, 0) is 11.3 Å². The summed E-state index contributed by atoms with van der Waals surface area (Å²) in [5.74, 6) is 1.54. The molecule has 0 aliphatic carbocycles. The van der Waals surface area contributed by atoms with Crippen molar-refractivity contribution in [3.05, 3.63) is 76.7 Å². The van der Waals surface area contributed by atoms with Gasteiger partial charge in [-0.15, -0.1) is 0 Å². The van der Waals surface area contributed by atoms with Gasteiger partial charge in [0.05, 0.1) is 5.56 Å². The van der Waals surface area contributed by atoms with Crippen molar-refractivity contribution in [2.75, 3.05) is 18.5 Å². The molecule has 1 aliphatic rings. The number of carbonyl (C=O) groups excluding carboxylic acids is 1. The molecule has 1 aliphatic heterocycles. The largest absolute Gasteiger partial charge is 0.486 e. The summed E-state index contributed by atoms with van der Waals surface area (Å²) in [7, 11) is 0. The smallest absolute Gasteiger partial charge is 0.259 e. The fourth-order valence-electron chi connectivity index (χ4n) is 3.42. The Bertz CT molecular complexity index is 1370. The molecule has 5 rings (SSSR count). The first-order valence-corrected chi connectivity index (χ1v) is 10.4. The molecule has 0 radical (unpaired) electrons. The number of ether oxygens (including phenoxy) is 2. The fourth-order valence-corrected chi connectivity index (χ4v) is 3.42. The Hall–Kier alpha value is -4.40. The van der Waals surface area contributed by atoms with Crippen molar-refractivity contribution < 1.29 is 18.8 Å². The first-order chi connectivity index (χ1) is 16.0. The monoisotopic (exact) mass is 444 g/mol. The minimum absolute atomic E-state index is 0.180. The number of hydrogen-bond donors (Lipinski definition) is 1. The first-order valence-electron chi connectivity index (χ1n) is 10.4. The van der Waals surface area contributed by atoms with Gasteiger partial charge in [0.25, 0.3) is 11.4 Å². The van der Waals surface area contributed by atoms with Crippen molar-refractivity contribution in [2.24, 2.45) is 0 Å². The van der Waals surface area contributed by atoms with Gasteiger partial charge in [-0.2, -0.15) is 4.98 Å². The maximum atomic E-state index is 12.6. The van der Waals surface area contributed by atoms with Crippen LogP contribution in [0.1, 0.15) is 5.56 Å². The molecule has 33 heavy (non-hydrogen) atoms. The molecule has 3 heterocycles. The Kier molecular flexibility index (Phi) is 5.35. The van der Waals surface area contributed by atoms with Crippen LogP contribution in [0.4, 0.5) is 5.69 Å². The van der Waals surface area contributed by atoms with Gasteiger partial charge in [0.15, 0.2) is 11.5 Å². The third-order valence-electron chi connectivity index (χ3n) is 5.11. The second kappa shape index (κ2) is 8.62. The summed E-state index contributed by atoms with van der Waals surface area (Å²) in [6, 6.07) is 15.8. The van der Waals surface area contributed by atoms with Gasteiger partial charge in [-0.1, -0.05) is 35.0 Å². The van der Waals surface area contributed by atoms with E-state index < -0.39 is 0 Å². The lowest BCUT2D eigenvalue weighted by atomic mass is 10.1. The van der Waals surface area contributed by atoms with E-state index >= 15 is 0 Å². The number of nitrogens with zero attached hydrogens (tertiary/aromatic N) is 3. The van der Waals surface area contributed by atoms with Crippen LogP contribution < -0.4 is 20.3 Å². The normalized spacial score (nSPS) is 12.4. The number of carbonyl (C=O) groups is 1. The lowest BCUT2D eigenvalue weighted by Gasteiger charge is -2.19. The lowest BCUT2D eigenvalue weighted by molar-refractivity contribution is -0.116. The Balaban J connectivity index is 1.32. The molecule has 2 aromatic heterocycles. The highest BCUT2D eigenvalue weighted by molar-refractivity contribution is 5.91. The van der Waals surface area contributed by atoms with Crippen molar-refractivity contribution >= 4 is 11.6 Å². The number of rotatable bonds is 5. The standard InChI is InChI=1S/C24H20N4O5/c1-15-2-4-16(5-3-15)23-26-24(33-27-23)17-6-9-22(30)28(13-17)14-21(29)25-18-7-8-19-20(12-18)32-11-10-31-19/h2-9,12-13H,10-11,14H2,1H3,(H,25,29). The number of amides is 1. The lowest BCUT2D eigenvalue weighted by Crippen LogP contribution is -2.27. The molecular formula is C24H20N4O5. The van der Waals surface area contributed by atoms with Gasteiger partial charge in [0.2, 0.25) is 11.7 Å². The molecule has 0 saturated heterocycles. The maximum absolute atomic E-state index is 12.6. The average molecular weight is 444 g/mol. The molecule has 2 aromatic carbocycles. The number of hydrogen-bond acceptors (Lipinski definition) is 7. The first kappa shape index (κ1) is 20.5. The Labute approximate surface area is 188 Å². The molecule has 0 fully saturated rings. The molecular weight excluding hydrogens is 424 g/mol. The minimum atomic E-state index is -0.364. The van der Waals surface area contributed by atoms with Crippen molar-refractivity contribution in [2.45, 2.75) is 13.5 Å². The highest BCUT2D eigenvalue weighted by Crippen LogP contribution is 2.32. The molecule has 9 nitrogen and oxygen atoms in total. The average Bonchev–Trinajstić information content (AvgIpc) is 3.31. The van der Waals surface area contributed by atoms with E-state index in [1.165, 1.54) is 16.8 Å². The van der Waals surface area contributed by atoms with E-state index in [2.05, 4.69) is 15.5 Å². The molecule has 9 heteroatoms. The molecule has 0 spiro atoms. The Morgan fingerprint density at radius 3 is 2.58 bits per heavy atom. The summed E-state index contributed by atoms with van der Waals surface area (Å²) in [6.45, 7) is 2.76. The van der Waals surface area contributed by atoms with Gasteiger partial charge in [0.1, 0.15) is 19.8 Å². The summed E-state index contributed by atoms with van der Waals surface area (Å²) in [6.07, 6.45) is 1.53. The summed E-state index contributed by atoms with van der Waals surface area (Å²) in [4.78, 5) is 29.3. The topological polar surface area (TPSA) is 108 Å².